The van der Waals surface area contributed by atoms with E-state index in [2.05, 4.69) is 4.72 Å². The summed E-state index contributed by atoms with van der Waals surface area (Å²) < 4.78 is 33.8. The molecule has 1 amide bonds. The van der Waals surface area contributed by atoms with Gasteiger partial charge in [0.15, 0.2) is 5.76 Å². The topological polar surface area (TPSA) is 79.6 Å². The molecule has 1 aromatic heterocycles. The molecule has 6 nitrogen and oxygen atoms in total. The molecule has 1 aliphatic rings. The van der Waals surface area contributed by atoms with E-state index in [1.54, 1.807) is 47.4 Å². The number of hydrogen-bond acceptors (Lipinski definition) is 4. The summed E-state index contributed by atoms with van der Waals surface area (Å²) in [6, 6.07) is 21.5. The average molecular weight is 433 g/mol. The molecular formula is C24H20N2O4S. The Balaban J connectivity index is 1.39. The molecule has 5 rings (SSSR count). The summed E-state index contributed by atoms with van der Waals surface area (Å²) in [6.45, 7) is 0.995. The van der Waals surface area contributed by atoms with Crippen molar-refractivity contribution in [2.45, 2.75) is 17.9 Å². The van der Waals surface area contributed by atoms with Crippen LogP contribution < -0.4 is 4.72 Å². The fourth-order valence-corrected chi connectivity index (χ4v) is 4.98. The first-order chi connectivity index (χ1) is 15.0. The summed E-state index contributed by atoms with van der Waals surface area (Å²) in [4.78, 5) is 14.5. The molecule has 0 atom stereocenters. The molecule has 0 saturated carbocycles. The van der Waals surface area contributed by atoms with Crippen LogP contribution >= 0.6 is 0 Å². The van der Waals surface area contributed by atoms with E-state index < -0.39 is 10.0 Å². The molecule has 7 heteroatoms. The lowest BCUT2D eigenvalue weighted by atomic mass is 9.99. The van der Waals surface area contributed by atoms with Crippen molar-refractivity contribution in [2.75, 3.05) is 11.3 Å². The van der Waals surface area contributed by atoms with Gasteiger partial charge in [0.05, 0.1) is 11.2 Å². The third kappa shape index (κ3) is 3.80. The Labute approximate surface area is 180 Å². The summed E-state index contributed by atoms with van der Waals surface area (Å²) in [5, 5.41) is 1.85. The highest BCUT2D eigenvalue weighted by Gasteiger charge is 2.24. The Bertz CT molecular complexity index is 1380. The van der Waals surface area contributed by atoms with Gasteiger partial charge < -0.3 is 9.32 Å². The highest BCUT2D eigenvalue weighted by molar-refractivity contribution is 7.92. The molecule has 2 heterocycles. The molecule has 1 N–H and O–H groups in total. The second-order valence-electron chi connectivity index (χ2n) is 7.55. The maximum absolute atomic E-state index is 13.0. The van der Waals surface area contributed by atoms with E-state index in [1.807, 2.05) is 30.3 Å². The standard InChI is InChI=1S/C24H20N2O4S/c27-24(23-6-3-13-30-23)26-12-11-18-7-9-21(14-20(18)16-26)25-31(28,29)22-10-8-17-4-1-2-5-19(17)15-22/h1-10,13-15,25H,11-12,16H2. The van der Waals surface area contributed by atoms with Crippen molar-refractivity contribution >= 4 is 32.4 Å². The van der Waals surface area contributed by atoms with Crippen LogP contribution in [0.1, 0.15) is 21.7 Å². The zero-order chi connectivity index (χ0) is 21.4. The van der Waals surface area contributed by atoms with E-state index in [-0.39, 0.29) is 10.8 Å². The number of carbonyl (C=O) groups is 1. The summed E-state index contributed by atoms with van der Waals surface area (Å²) in [5.74, 6) is 0.134. The second-order valence-corrected chi connectivity index (χ2v) is 9.23. The van der Waals surface area contributed by atoms with E-state index in [1.165, 1.54) is 6.26 Å². The van der Waals surface area contributed by atoms with Crippen LogP contribution in [0.2, 0.25) is 0 Å². The lowest BCUT2D eigenvalue weighted by Gasteiger charge is -2.28. The van der Waals surface area contributed by atoms with E-state index in [9.17, 15) is 13.2 Å². The fraction of sp³-hybridized carbons (Fsp3) is 0.125. The van der Waals surface area contributed by atoms with Crippen molar-refractivity contribution < 1.29 is 17.6 Å². The number of fused-ring (bicyclic) bond motifs is 2. The minimum absolute atomic E-state index is 0.169. The van der Waals surface area contributed by atoms with Gasteiger partial charge in [-0.15, -0.1) is 0 Å². The number of amides is 1. The fourth-order valence-electron chi connectivity index (χ4n) is 3.90. The zero-order valence-electron chi connectivity index (χ0n) is 16.6. The number of nitrogens with one attached hydrogen (secondary N) is 1. The van der Waals surface area contributed by atoms with Crippen molar-refractivity contribution in [2.24, 2.45) is 0 Å². The maximum Gasteiger partial charge on any atom is 0.289 e. The Morgan fingerprint density at radius 1 is 0.903 bits per heavy atom. The Morgan fingerprint density at radius 3 is 2.55 bits per heavy atom. The van der Waals surface area contributed by atoms with E-state index >= 15 is 0 Å². The smallest absolute Gasteiger partial charge is 0.289 e. The molecule has 0 radical (unpaired) electrons. The first-order valence-corrected chi connectivity index (χ1v) is 11.4. The largest absolute Gasteiger partial charge is 0.459 e. The van der Waals surface area contributed by atoms with Crippen LogP contribution in [0.25, 0.3) is 10.8 Å². The molecule has 4 aromatic rings. The lowest BCUT2D eigenvalue weighted by molar-refractivity contribution is 0.0702. The monoisotopic (exact) mass is 432 g/mol. The molecule has 0 aliphatic carbocycles. The average Bonchev–Trinajstić information content (AvgIpc) is 3.32. The summed E-state index contributed by atoms with van der Waals surface area (Å²) >= 11 is 0. The SMILES string of the molecule is O=C(c1ccco1)N1CCc2ccc(NS(=O)(=O)c3ccc4ccccc4c3)cc2C1. The normalized spacial score (nSPS) is 13.7. The minimum Gasteiger partial charge on any atom is -0.459 e. The number of furan rings is 1. The van der Waals surface area contributed by atoms with Crippen molar-refractivity contribution in [3.8, 4) is 0 Å². The van der Waals surface area contributed by atoms with Gasteiger partial charge in [0, 0.05) is 18.8 Å². The van der Waals surface area contributed by atoms with Gasteiger partial charge in [0.25, 0.3) is 15.9 Å². The predicted molar refractivity (Wildman–Crippen MR) is 118 cm³/mol. The lowest BCUT2D eigenvalue weighted by Crippen LogP contribution is -2.35. The van der Waals surface area contributed by atoms with Crippen LogP contribution in [-0.2, 0) is 23.0 Å². The van der Waals surface area contributed by atoms with Gasteiger partial charge in [-0.05, 0) is 64.7 Å². The highest BCUT2D eigenvalue weighted by atomic mass is 32.2. The Kier molecular flexibility index (Phi) is 4.75. The van der Waals surface area contributed by atoms with Crippen molar-refractivity contribution in [1.29, 1.82) is 0 Å². The van der Waals surface area contributed by atoms with Gasteiger partial charge in [0.2, 0.25) is 0 Å². The number of anilines is 1. The molecule has 0 bridgehead atoms. The van der Waals surface area contributed by atoms with Crippen LogP contribution in [0.3, 0.4) is 0 Å². The van der Waals surface area contributed by atoms with Gasteiger partial charge in [-0.1, -0.05) is 36.4 Å². The van der Waals surface area contributed by atoms with Gasteiger partial charge in [-0.3, -0.25) is 9.52 Å². The second kappa shape index (κ2) is 7.59. The summed E-state index contributed by atoms with van der Waals surface area (Å²) in [7, 11) is -3.74. The number of hydrogen-bond donors (Lipinski definition) is 1. The predicted octanol–water partition coefficient (Wildman–Crippen LogP) is 4.43. The number of nitrogens with zero attached hydrogens (tertiary/aromatic N) is 1. The molecular weight excluding hydrogens is 412 g/mol. The minimum atomic E-state index is -3.74. The molecule has 1 aliphatic heterocycles. The first-order valence-electron chi connectivity index (χ1n) is 9.96. The molecule has 156 valence electrons. The third-order valence-electron chi connectivity index (χ3n) is 5.52. The number of carbonyl (C=O) groups excluding carboxylic acids is 1. The van der Waals surface area contributed by atoms with Gasteiger partial charge in [-0.2, -0.15) is 0 Å². The van der Waals surface area contributed by atoms with Crippen LogP contribution in [0, 0.1) is 0 Å². The molecule has 31 heavy (non-hydrogen) atoms. The number of sulfonamides is 1. The van der Waals surface area contributed by atoms with E-state index in [0.717, 1.165) is 21.9 Å². The van der Waals surface area contributed by atoms with Gasteiger partial charge in [0.1, 0.15) is 0 Å². The van der Waals surface area contributed by atoms with Crippen molar-refractivity contribution in [1.82, 2.24) is 4.90 Å². The summed E-state index contributed by atoms with van der Waals surface area (Å²) in [6.07, 6.45) is 2.18. The van der Waals surface area contributed by atoms with Crippen LogP contribution in [0.4, 0.5) is 5.69 Å². The van der Waals surface area contributed by atoms with Crippen LogP contribution in [0.15, 0.2) is 88.4 Å². The van der Waals surface area contributed by atoms with Crippen molar-refractivity contribution in [3.05, 3.63) is 95.9 Å². The quantitative estimate of drug-likeness (QED) is 0.517. The number of rotatable bonds is 4. The summed E-state index contributed by atoms with van der Waals surface area (Å²) in [5.41, 5.74) is 2.50. The number of benzene rings is 3. The van der Waals surface area contributed by atoms with Crippen LogP contribution in [0.5, 0.6) is 0 Å². The van der Waals surface area contributed by atoms with Crippen LogP contribution in [-0.4, -0.2) is 25.8 Å². The molecule has 0 fully saturated rings. The highest BCUT2D eigenvalue weighted by Crippen LogP contribution is 2.26. The first kappa shape index (κ1) is 19.4. The Morgan fingerprint density at radius 2 is 1.74 bits per heavy atom. The van der Waals surface area contributed by atoms with Gasteiger partial charge >= 0.3 is 0 Å². The Hall–Kier alpha value is -3.58. The third-order valence-corrected chi connectivity index (χ3v) is 6.90. The molecule has 0 spiro atoms. The van der Waals surface area contributed by atoms with E-state index in [0.29, 0.717) is 31.0 Å². The molecule has 0 saturated heterocycles. The van der Waals surface area contributed by atoms with Crippen molar-refractivity contribution in [3.63, 3.8) is 0 Å². The van der Waals surface area contributed by atoms with E-state index in [4.69, 9.17) is 4.42 Å². The van der Waals surface area contributed by atoms with Gasteiger partial charge in [-0.25, -0.2) is 8.42 Å². The molecule has 3 aromatic carbocycles. The zero-order valence-corrected chi connectivity index (χ0v) is 17.4. The molecule has 0 unspecified atom stereocenters. The maximum atomic E-state index is 13.0.